The first-order chi connectivity index (χ1) is 9.24. The van der Waals surface area contributed by atoms with Crippen LogP contribution in [0.3, 0.4) is 0 Å². The van der Waals surface area contributed by atoms with Crippen molar-refractivity contribution in [2.45, 2.75) is 31.8 Å². The number of cyclic esters (lactones) is 1. The minimum atomic E-state index is -0.840. The molecule has 0 aromatic heterocycles. The van der Waals surface area contributed by atoms with E-state index in [4.69, 9.17) is 9.47 Å². The number of aryl methyl sites for hydroxylation is 1. The van der Waals surface area contributed by atoms with Crippen molar-refractivity contribution in [1.82, 2.24) is 5.32 Å². The Morgan fingerprint density at radius 1 is 1.16 bits per heavy atom. The highest BCUT2D eigenvalue weighted by molar-refractivity contribution is 6.01. The summed E-state index contributed by atoms with van der Waals surface area (Å²) < 4.78 is 10.8. The first-order valence-electron chi connectivity index (χ1n) is 6.56. The van der Waals surface area contributed by atoms with Crippen LogP contribution in [0.15, 0.2) is 6.07 Å². The second-order valence-electron chi connectivity index (χ2n) is 5.14. The Kier molecular flexibility index (Phi) is 2.13. The van der Waals surface area contributed by atoms with Gasteiger partial charge in [-0.25, -0.2) is 4.79 Å². The standard InChI is InChI=1S/C14H13NO4/c16-13-12(19-14(17)15-13)10-9-3-1-2-7(9)6-8-4-5-18-11(8)10/h6,12H,1-5H2,(H,15,16,17). The van der Waals surface area contributed by atoms with E-state index < -0.39 is 12.2 Å². The molecule has 1 N–H and O–H groups in total. The van der Waals surface area contributed by atoms with Gasteiger partial charge in [-0.15, -0.1) is 0 Å². The molecule has 1 saturated heterocycles. The zero-order valence-electron chi connectivity index (χ0n) is 10.3. The largest absolute Gasteiger partial charge is 0.492 e. The molecule has 1 aromatic rings. The predicted molar refractivity (Wildman–Crippen MR) is 65.0 cm³/mol. The summed E-state index contributed by atoms with van der Waals surface area (Å²) in [7, 11) is 0. The number of imide groups is 1. The molecule has 1 aromatic carbocycles. The molecule has 3 aliphatic rings. The minimum absolute atomic E-state index is 0.386. The average molecular weight is 259 g/mol. The minimum Gasteiger partial charge on any atom is -0.492 e. The molecule has 0 bridgehead atoms. The maximum absolute atomic E-state index is 11.9. The zero-order chi connectivity index (χ0) is 13.0. The van der Waals surface area contributed by atoms with Crippen LogP contribution in [0, 0.1) is 0 Å². The molecule has 1 atom stereocenters. The van der Waals surface area contributed by atoms with Crippen LogP contribution < -0.4 is 10.1 Å². The normalized spacial score (nSPS) is 23.7. The first kappa shape index (κ1) is 10.8. The summed E-state index contributed by atoms with van der Waals surface area (Å²) in [6, 6.07) is 2.18. The van der Waals surface area contributed by atoms with Crippen molar-refractivity contribution in [3.63, 3.8) is 0 Å². The fourth-order valence-electron chi connectivity index (χ4n) is 3.26. The van der Waals surface area contributed by atoms with Crippen molar-refractivity contribution in [1.29, 1.82) is 0 Å². The van der Waals surface area contributed by atoms with E-state index in [0.29, 0.717) is 6.61 Å². The third-order valence-electron chi connectivity index (χ3n) is 4.04. The van der Waals surface area contributed by atoms with E-state index >= 15 is 0 Å². The van der Waals surface area contributed by atoms with E-state index in [-0.39, 0.29) is 5.91 Å². The third kappa shape index (κ3) is 1.47. The highest BCUT2D eigenvalue weighted by atomic mass is 16.6. The summed E-state index contributed by atoms with van der Waals surface area (Å²) in [5.41, 5.74) is 4.32. The van der Waals surface area contributed by atoms with E-state index in [1.165, 1.54) is 5.56 Å². The monoisotopic (exact) mass is 259 g/mol. The number of alkyl carbamates (subject to hydrolysis) is 1. The van der Waals surface area contributed by atoms with E-state index in [1.54, 1.807) is 0 Å². The van der Waals surface area contributed by atoms with Gasteiger partial charge in [0.25, 0.3) is 5.91 Å². The lowest BCUT2D eigenvalue weighted by Crippen LogP contribution is -2.21. The number of hydrogen-bond acceptors (Lipinski definition) is 4. The molecule has 1 unspecified atom stereocenters. The lowest BCUT2D eigenvalue weighted by Gasteiger charge is -2.16. The highest BCUT2D eigenvalue weighted by Gasteiger charge is 2.40. The van der Waals surface area contributed by atoms with Crippen molar-refractivity contribution in [2.75, 3.05) is 6.61 Å². The van der Waals surface area contributed by atoms with Crippen LogP contribution in [0.25, 0.3) is 0 Å². The molecule has 1 aliphatic carbocycles. The van der Waals surface area contributed by atoms with Crippen LogP contribution in [-0.2, 0) is 28.8 Å². The molecule has 2 aliphatic heterocycles. The van der Waals surface area contributed by atoms with Gasteiger partial charge in [-0.1, -0.05) is 6.07 Å². The molecule has 1 fully saturated rings. The summed E-state index contributed by atoms with van der Waals surface area (Å²) in [6.45, 7) is 0.632. The molecule has 5 heteroatoms. The molecule has 0 spiro atoms. The number of amides is 2. The van der Waals surface area contributed by atoms with Crippen molar-refractivity contribution in [2.24, 2.45) is 0 Å². The fourth-order valence-corrected chi connectivity index (χ4v) is 3.26. The second kappa shape index (κ2) is 3.73. The van der Waals surface area contributed by atoms with Crippen LogP contribution in [0.1, 0.15) is 34.8 Å². The highest BCUT2D eigenvalue weighted by Crippen LogP contribution is 2.43. The Balaban J connectivity index is 1.91. The summed E-state index contributed by atoms with van der Waals surface area (Å²) >= 11 is 0. The summed E-state index contributed by atoms with van der Waals surface area (Å²) in [5.74, 6) is 0.374. The van der Waals surface area contributed by atoms with Gasteiger partial charge in [0.15, 0.2) is 0 Å². The number of ether oxygens (including phenoxy) is 2. The Labute approximate surface area is 109 Å². The van der Waals surface area contributed by atoms with Crippen LogP contribution in [-0.4, -0.2) is 18.6 Å². The number of carbonyl (C=O) groups excluding carboxylic acids is 2. The Hall–Kier alpha value is -2.04. The number of carbonyl (C=O) groups is 2. The van der Waals surface area contributed by atoms with Crippen molar-refractivity contribution < 1.29 is 19.1 Å². The lowest BCUT2D eigenvalue weighted by atomic mass is 9.94. The molecule has 98 valence electrons. The molecule has 0 radical (unpaired) electrons. The lowest BCUT2D eigenvalue weighted by molar-refractivity contribution is -0.123. The number of hydrogen-bond donors (Lipinski definition) is 1. The van der Waals surface area contributed by atoms with E-state index in [1.807, 2.05) is 0 Å². The van der Waals surface area contributed by atoms with E-state index in [9.17, 15) is 9.59 Å². The molecule has 5 nitrogen and oxygen atoms in total. The number of fused-ring (bicyclic) bond motifs is 2. The quantitative estimate of drug-likeness (QED) is 0.828. The van der Waals surface area contributed by atoms with Crippen molar-refractivity contribution in [3.05, 3.63) is 28.3 Å². The fraction of sp³-hybridized carbons (Fsp3) is 0.429. The van der Waals surface area contributed by atoms with Gasteiger partial charge in [-0.05, 0) is 36.0 Å². The molecule has 2 heterocycles. The number of benzene rings is 1. The van der Waals surface area contributed by atoms with E-state index in [2.05, 4.69) is 11.4 Å². The van der Waals surface area contributed by atoms with Crippen LogP contribution >= 0.6 is 0 Å². The van der Waals surface area contributed by atoms with Gasteiger partial charge < -0.3 is 9.47 Å². The van der Waals surface area contributed by atoms with Gasteiger partial charge in [-0.2, -0.15) is 0 Å². The zero-order valence-corrected chi connectivity index (χ0v) is 10.3. The predicted octanol–water partition coefficient (Wildman–Crippen LogP) is 1.42. The van der Waals surface area contributed by atoms with Crippen molar-refractivity contribution >= 4 is 12.0 Å². The molecule has 2 amide bonds. The summed E-state index contributed by atoms with van der Waals surface area (Å²) in [5, 5.41) is 2.19. The molecular formula is C14H13NO4. The van der Waals surface area contributed by atoms with Crippen LogP contribution in [0.5, 0.6) is 5.75 Å². The maximum Gasteiger partial charge on any atom is 0.415 e. The smallest absolute Gasteiger partial charge is 0.415 e. The van der Waals surface area contributed by atoms with Gasteiger partial charge in [-0.3, -0.25) is 10.1 Å². The molecule has 0 saturated carbocycles. The molecule has 4 rings (SSSR count). The summed E-state index contributed by atoms with van der Waals surface area (Å²) in [6.07, 6.45) is 2.37. The van der Waals surface area contributed by atoms with Gasteiger partial charge in [0.1, 0.15) is 5.75 Å². The third-order valence-corrected chi connectivity index (χ3v) is 4.04. The van der Waals surface area contributed by atoms with Crippen LogP contribution in [0.2, 0.25) is 0 Å². The van der Waals surface area contributed by atoms with Gasteiger partial charge in [0, 0.05) is 12.0 Å². The summed E-state index contributed by atoms with van der Waals surface area (Å²) in [4.78, 5) is 23.1. The van der Waals surface area contributed by atoms with E-state index in [0.717, 1.165) is 48.1 Å². The maximum atomic E-state index is 11.9. The van der Waals surface area contributed by atoms with Gasteiger partial charge in [0.05, 0.1) is 6.61 Å². The van der Waals surface area contributed by atoms with Gasteiger partial charge in [0.2, 0.25) is 6.10 Å². The topological polar surface area (TPSA) is 64.6 Å². The first-order valence-corrected chi connectivity index (χ1v) is 6.56. The average Bonchev–Trinajstić information content (AvgIpc) is 3.05. The second-order valence-corrected chi connectivity index (χ2v) is 5.14. The molecular weight excluding hydrogens is 246 g/mol. The Morgan fingerprint density at radius 3 is 2.84 bits per heavy atom. The molecule has 19 heavy (non-hydrogen) atoms. The van der Waals surface area contributed by atoms with Crippen LogP contribution in [0.4, 0.5) is 4.79 Å². The van der Waals surface area contributed by atoms with Gasteiger partial charge >= 0.3 is 6.09 Å². The van der Waals surface area contributed by atoms with Crippen molar-refractivity contribution in [3.8, 4) is 5.75 Å². The Morgan fingerprint density at radius 2 is 2.05 bits per heavy atom. The Bertz CT molecular complexity index is 576. The number of rotatable bonds is 1. The SMILES string of the molecule is O=C1NC(=O)C(c2c3c(cc4c2OCC4)CCC3)O1. The number of nitrogens with one attached hydrogen (secondary N) is 1.